The molecule has 0 unspecified atom stereocenters. The van der Waals surface area contributed by atoms with Crippen molar-refractivity contribution in [2.24, 2.45) is 5.92 Å². The molecule has 0 bridgehead atoms. The lowest BCUT2D eigenvalue weighted by Gasteiger charge is -2.08. The fraction of sp³-hybridized carbons (Fsp3) is 0.538. The first-order valence-electron chi connectivity index (χ1n) is 5.91. The number of aromatic nitrogens is 1. The Kier molecular flexibility index (Phi) is 6.05. The van der Waals surface area contributed by atoms with E-state index in [4.69, 9.17) is 10.00 Å². The van der Waals surface area contributed by atoms with Crippen LogP contribution in [0.3, 0.4) is 0 Å². The molecule has 4 heteroatoms. The molecule has 0 spiro atoms. The van der Waals surface area contributed by atoms with Crippen molar-refractivity contribution in [3.63, 3.8) is 0 Å². The SMILES string of the molecule is CC(C)CCOCCNc1cccc(C#N)n1. The van der Waals surface area contributed by atoms with Gasteiger partial charge in [0.05, 0.1) is 6.61 Å². The highest BCUT2D eigenvalue weighted by Crippen LogP contribution is 2.03. The molecule has 0 amide bonds. The Bertz CT molecular complexity index is 371. The summed E-state index contributed by atoms with van der Waals surface area (Å²) in [7, 11) is 0. The maximum Gasteiger partial charge on any atom is 0.142 e. The van der Waals surface area contributed by atoms with Gasteiger partial charge in [-0.3, -0.25) is 0 Å². The molecule has 0 aliphatic carbocycles. The van der Waals surface area contributed by atoms with Crippen molar-refractivity contribution >= 4 is 5.82 Å². The monoisotopic (exact) mass is 233 g/mol. The predicted octanol–water partition coefficient (Wildman–Crippen LogP) is 2.43. The molecule has 0 saturated heterocycles. The summed E-state index contributed by atoms with van der Waals surface area (Å²) in [6.07, 6.45) is 1.09. The minimum atomic E-state index is 0.427. The zero-order valence-electron chi connectivity index (χ0n) is 10.4. The Labute approximate surface area is 103 Å². The Morgan fingerprint density at radius 3 is 2.94 bits per heavy atom. The van der Waals surface area contributed by atoms with Gasteiger partial charge in [-0.05, 0) is 24.5 Å². The van der Waals surface area contributed by atoms with Crippen LogP contribution in [0.25, 0.3) is 0 Å². The standard InChI is InChI=1S/C13H19N3O/c1-11(2)6-8-17-9-7-15-13-5-3-4-12(10-14)16-13/h3-5,11H,6-9H2,1-2H3,(H,15,16). The van der Waals surface area contributed by atoms with E-state index in [9.17, 15) is 0 Å². The minimum absolute atomic E-state index is 0.427. The fourth-order valence-electron chi connectivity index (χ4n) is 1.27. The van der Waals surface area contributed by atoms with Gasteiger partial charge in [-0.25, -0.2) is 4.98 Å². The number of anilines is 1. The topological polar surface area (TPSA) is 57.9 Å². The average Bonchev–Trinajstić information content (AvgIpc) is 2.33. The van der Waals surface area contributed by atoms with Crippen molar-refractivity contribution in [2.75, 3.05) is 25.1 Å². The van der Waals surface area contributed by atoms with Gasteiger partial charge in [0.2, 0.25) is 0 Å². The number of hydrogen-bond acceptors (Lipinski definition) is 4. The molecule has 4 nitrogen and oxygen atoms in total. The second kappa shape index (κ2) is 7.64. The lowest BCUT2D eigenvalue weighted by atomic mass is 10.1. The van der Waals surface area contributed by atoms with Gasteiger partial charge in [0.15, 0.2) is 0 Å². The van der Waals surface area contributed by atoms with Crippen LogP contribution < -0.4 is 5.32 Å². The molecule has 0 aliphatic heterocycles. The highest BCUT2D eigenvalue weighted by molar-refractivity contribution is 5.38. The predicted molar refractivity (Wildman–Crippen MR) is 67.7 cm³/mol. The summed E-state index contributed by atoms with van der Waals surface area (Å²) in [5.74, 6) is 1.40. The van der Waals surface area contributed by atoms with Gasteiger partial charge in [0.1, 0.15) is 17.6 Å². The van der Waals surface area contributed by atoms with Crippen molar-refractivity contribution < 1.29 is 4.74 Å². The van der Waals surface area contributed by atoms with Crippen LogP contribution in [-0.4, -0.2) is 24.7 Å². The lowest BCUT2D eigenvalue weighted by Crippen LogP contribution is -2.11. The second-order valence-corrected chi connectivity index (χ2v) is 4.24. The first-order valence-corrected chi connectivity index (χ1v) is 5.91. The highest BCUT2D eigenvalue weighted by atomic mass is 16.5. The van der Waals surface area contributed by atoms with E-state index in [1.807, 2.05) is 18.2 Å². The molecule has 1 heterocycles. The zero-order valence-corrected chi connectivity index (χ0v) is 10.4. The molecule has 1 aromatic rings. The maximum atomic E-state index is 8.69. The molecule has 92 valence electrons. The van der Waals surface area contributed by atoms with Crippen LogP contribution >= 0.6 is 0 Å². The number of hydrogen-bond donors (Lipinski definition) is 1. The van der Waals surface area contributed by atoms with Crippen molar-refractivity contribution in [3.8, 4) is 6.07 Å². The van der Waals surface area contributed by atoms with Crippen molar-refractivity contribution in [3.05, 3.63) is 23.9 Å². The minimum Gasteiger partial charge on any atom is -0.380 e. The van der Waals surface area contributed by atoms with Gasteiger partial charge in [0, 0.05) is 13.2 Å². The molecule has 1 rings (SSSR count). The van der Waals surface area contributed by atoms with Crippen LogP contribution in [0.2, 0.25) is 0 Å². The smallest absolute Gasteiger partial charge is 0.142 e. The van der Waals surface area contributed by atoms with E-state index in [-0.39, 0.29) is 0 Å². The molecular formula is C13H19N3O. The van der Waals surface area contributed by atoms with E-state index in [1.165, 1.54) is 0 Å². The first kappa shape index (κ1) is 13.5. The van der Waals surface area contributed by atoms with Crippen molar-refractivity contribution in [1.82, 2.24) is 4.98 Å². The summed E-state index contributed by atoms with van der Waals surface area (Å²) >= 11 is 0. The fourth-order valence-corrected chi connectivity index (χ4v) is 1.27. The molecule has 1 N–H and O–H groups in total. The number of nitriles is 1. The molecule has 1 aromatic heterocycles. The highest BCUT2D eigenvalue weighted by Gasteiger charge is 1.96. The lowest BCUT2D eigenvalue weighted by molar-refractivity contribution is 0.132. The first-order chi connectivity index (χ1) is 8.22. The van der Waals surface area contributed by atoms with E-state index in [2.05, 4.69) is 24.1 Å². The van der Waals surface area contributed by atoms with E-state index < -0.39 is 0 Å². The molecule has 17 heavy (non-hydrogen) atoms. The van der Waals surface area contributed by atoms with E-state index in [0.29, 0.717) is 24.8 Å². The maximum absolute atomic E-state index is 8.69. The number of ether oxygens (including phenoxy) is 1. The molecule has 0 aromatic carbocycles. The number of nitrogens with one attached hydrogen (secondary N) is 1. The number of nitrogens with zero attached hydrogens (tertiary/aromatic N) is 2. The van der Waals surface area contributed by atoms with Crippen LogP contribution in [0.4, 0.5) is 5.82 Å². The summed E-state index contributed by atoms with van der Waals surface area (Å²) in [5.41, 5.74) is 0.427. The number of rotatable bonds is 7. The van der Waals surface area contributed by atoms with E-state index in [1.54, 1.807) is 6.07 Å². The molecule has 0 saturated carbocycles. The Morgan fingerprint density at radius 1 is 1.41 bits per heavy atom. The zero-order chi connectivity index (χ0) is 12.5. The van der Waals surface area contributed by atoms with Crippen molar-refractivity contribution in [2.45, 2.75) is 20.3 Å². The molecule has 0 fully saturated rings. The van der Waals surface area contributed by atoms with Gasteiger partial charge >= 0.3 is 0 Å². The third-order valence-corrected chi connectivity index (χ3v) is 2.26. The van der Waals surface area contributed by atoms with Gasteiger partial charge in [0.25, 0.3) is 0 Å². The van der Waals surface area contributed by atoms with E-state index in [0.717, 1.165) is 18.8 Å². The summed E-state index contributed by atoms with van der Waals surface area (Å²) in [6, 6.07) is 7.35. The third-order valence-electron chi connectivity index (χ3n) is 2.26. The summed E-state index contributed by atoms with van der Waals surface area (Å²) in [6.45, 7) is 6.52. The van der Waals surface area contributed by atoms with Crippen molar-refractivity contribution in [1.29, 1.82) is 5.26 Å². The quantitative estimate of drug-likeness (QED) is 0.735. The van der Waals surface area contributed by atoms with Crippen LogP contribution in [0.15, 0.2) is 18.2 Å². The second-order valence-electron chi connectivity index (χ2n) is 4.24. The molecule has 0 aliphatic rings. The van der Waals surface area contributed by atoms with Crippen LogP contribution in [0, 0.1) is 17.2 Å². The number of pyridine rings is 1. The van der Waals surface area contributed by atoms with Gasteiger partial charge in [-0.1, -0.05) is 19.9 Å². The third kappa shape index (κ3) is 5.88. The Balaban J connectivity index is 2.16. The Morgan fingerprint density at radius 2 is 2.24 bits per heavy atom. The van der Waals surface area contributed by atoms with Crippen LogP contribution in [0.5, 0.6) is 0 Å². The average molecular weight is 233 g/mol. The van der Waals surface area contributed by atoms with Gasteiger partial charge in [-0.15, -0.1) is 0 Å². The summed E-state index contributed by atoms with van der Waals surface area (Å²) in [4.78, 5) is 4.11. The molecular weight excluding hydrogens is 214 g/mol. The molecule has 0 atom stereocenters. The summed E-state index contributed by atoms with van der Waals surface area (Å²) < 4.78 is 5.47. The largest absolute Gasteiger partial charge is 0.380 e. The normalized spacial score (nSPS) is 10.2. The molecule has 0 radical (unpaired) electrons. The van der Waals surface area contributed by atoms with E-state index >= 15 is 0 Å². The van der Waals surface area contributed by atoms with Crippen LogP contribution in [0.1, 0.15) is 26.0 Å². The van der Waals surface area contributed by atoms with Gasteiger partial charge in [-0.2, -0.15) is 5.26 Å². The Hall–Kier alpha value is -1.60. The van der Waals surface area contributed by atoms with Crippen LogP contribution in [-0.2, 0) is 4.74 Å². The summed E-state index contributed by atoms with van der Waals surface area (Å²) in [5, 5.41) is 11.8. The van der Waals surface area contributed by atoms with Gasteiger partial charge < -0.3 is 10.1 Å².